The van der Waals surface area contributed by atoms with Crippen LogP contribution in [0.25, 0.3) is 0 Å². The van der Waals surface area contributed by atoms with Crippen molar-refractivity contribution in [2.45, 2.75) is 37.6 Å². The second-order valence-electron chi connectivity index (χ2n) is 5.56. The lowest BCUT2D eigenvalue weighted by molar-refractivity contribution is -0.129. The molecule has 0 spiro atoms. The number of hydrogen-bond acceptors (Lipinski definition) is 5. The molecule has 2 amide bonds. The topological polar surface area (TPSA) is 62.3 Å². The molecular weight excluding hydrogens is 306 g/mol. The average molecular weight is 325 g/mol. The van der Waals surface area contributed by atoms with E-state index in [1.807, 2.05) is 16.5 Å². The predicted octanol–water partition coefficient (Wildman–Crippen LogP) is 1.63. The van der Waals surface area contributed by atoms with Crippen LogP contribution in [0.15, 0.2) is 5.38 Å². The van der Waals surface area contributed by atoms with E-state index in [1.165, 1.54) is 0 Å². The van der Waals surface area contributed by atoms with E-state index < -0.39 is 0 Å². The summed E-state index contributed by atoms with van der Waals surface area (Å²) in [6, 6.07) is 0.406. The van der Waals surface area contributed by atoms with Crippen LogP contribution >= 0.6 is 23.1 Å². The SMILES string of the molecule is CSCc1nc(CNC(=O)[C@H]2CC(=O)N(C3CC3)C2)cs1. The maximum Gasteiger partial charge on any atom is 0.225 e. The van der Waals surface area contributed by atoms with E-state index in [9.17, 15) is 9.59 Å². The number of carbonyl (C=O) groups excluding carboxylic acids is 2. The van der Waals surface area contributed by atoms with E-state index >= 15 is 0 Å². The van der Waals surface area contributed by atoms with Gasteiger partial charge in [-0.1, -0.05) is 0 Å². The average Bonchev–Trinajstić information content (AvgIpc) is 3.09. The molecule has 1 aliphatic carbocycles. The van der Waals surface area contributed by atoms with Gasteiger partial charge in [-0.15, -0.1) is 11.3 Å². The number of rotatable bonds is 6. The van der Waals surface area contributed by atoms with Gasteiger partial charge in [-0.05, 0) is 19.1 Å². The second-order valence-corrected chi connectivity index (χ2v) is 7.37. The number of nitrogens with one attached hydrogen (secondary N) is 1. The molecule has 1 aromatic rings. The minimum atomic E-state index is -0.192. The molecule has 3 rings (SSSR count). The van der Waals surface area contributed by atoms with Gasteiger partial charge in [0.25, 0.3) is 0 Å². The Balaban J connectivity index is 1.48. The smallest absolute Gasteiger partial charge is 0.225 e. The molecule has 1 aliphatic heterocycles. The highest BCUT2D eigenvalue weighted by atomic mass is 32.2. The lowest BCUT2D eigenvalue weighted by atomic mass is 10.1. The molecule has 2 heterocycles. The number of carbonyl (C=O) groups is 2. The highest BCUT2D eigenvalue weighted by Gasteiger charge is 2.41. The molecule has 1 N–H and O–H groups in total. The van der Waals surface area contributed by atoms with Gasteiger partial charge in [0, 0.05) is 30.1 Å². The summed E-state index contributed by atoms with van der Waals surface area (Å²) in [5.41, 5.74) is 0.903. The zero-order valence-electron chi connectivity index (χ0n) is 12.0. The van der Waals surface area contributed by atoms with E-state index in [0.717, 1.165) is 29.3 Å². The summed E-state index contributed by atoms with van der Waals surface area (Å²) in [6.45, 7) is 1.04. The Labute approximate surface area is 132 Å². The molecule has 0 aromatic carbocycles. The molecule has 0 bridgehead atoms. The number of nitrogens with zero attached hydrogens (tertiary/aromatic N) is 2. The molecule has 2 fully saturated rings. The Hall–Kier alpha value is -1.08. The van der Waals surface area contributed by atoms with Gasteiger partial charge in [0.05, 0.1) is 18.2 Å². The van der Waals surface area contributed by atoms with Crippen molar-refractivity contribution < 1.29 is 9.59 Å². The van der Waals surface area contributed by atoms with Gasteiger partial charge in [-0.25, -0.2) is 4.98 Å². The molecule has 1 saturated heterocycles. The largest absolute Gasteiger partial charge is 0.350 e. The monoisotopic (exact) mass is 325 g/mol. The number of likely N-dealkylation sites (tertiary alicyclic amines) is 1. The van der Waals surface area contributed by atoms with Crippen LogP contribution in [0.3, 0.4) is 0 Å². The summed E-state index contributed by atoms with van der Waals surface area (Å²) in [5.74, 6) is 0.827. The number of thioether (sulfide) groups is 1. The van der Waals surface area contributed by atoms with Gasteiger partial charge in [-0.2, -0.15) is 11.8 Å². The zero-order valence-corrected chi connectivity index (χ0v) is 13.6. The van der Waals surface area contributed by atoms with E-state index in [4.69, 9.17) is 0 Å². The van der Waals surface area contributed by atoms with Crippen molar-refractivity contribution in [2.24, 2.45) is 5.92 Å². The fourth-order valence-electron chi connectivity index (χ4n) is 2.59. The van der Waals surface area contributed by atoms with Gasteiger partial charge < -0.3 is 10.2 Å². The van der Waals surface area contributed by atoms with Crippen LogP contribution in [0.5, 0.6) is 0 Å². The first kappa shape index (κ1) is 14.8. The van der Waals surface area contributed by atoms with Crippen LogP contribution in [-0.4, -0.2) is 40.5 Å². The minimum absolute atomic E-state index is 0.0223. The number of aromatic nitrogens is 1. The first-order chi connectivity index (χ1) is 10.2. The van der Waals surface area contributed by atoms with Crippen LogP contribution in [0, 0.1) is 5.92 Å². The van der Waals surface area contributed by atoms with Crippen molar-refractivity contribution in [3.8, 4) is 0 Å². The summed E-state index contributed by atoms with van der Waals surface area (Å²) in [7, 11) is 0. The van der Waals surface area contributed by atoms with Gasteiger partial charge >= 0.3 is 0 Å². The zero-order chi connectivity index (χ0) is 14.8. The maximum absolute atomic E-state index is 12.2. The highest BCUT2D eigenvalue weighted by molar-refractivity contribution is 7.97. The molecule has 1 aromatic heterocycles. The van der Waals surface area contributed by atoms with Crippen molar-refractivity contribution in [3.05, 3.63) is 16.1 Å². The van der Waals surface area contributed by atoms with E-state index in [1.54, 1.807) is 23.1 Å². The predicted molar refractivity (Wildman–Crippen MR) is 84.0 cm³/mol. The summed E-state index contributed by atoms with van der Waals surface area (Å²) < 4.78 is 0. The Morgan fingerprint density at radius 2 is 2.38 bits per heavy atom. The Kier molecular flexibility index (Phi) is 4.49. The fraction of sp³-hybridized carbons (Fsp3) is 0.643. The van der Waals surface area contributed by atoms with Crippen molar-refractivity contribution in [2.75, 3.05) is 12.8 Å². The van der Waals surface area contributed by atoms with E-state index in [2.05, 4.69) is 10.3 Å². The molecule has 114 valence electrons. The molecule has 7 heteroatoms. The van der Waals surface area contributed by atoms with Crippen molar-refractivity contribution in [1.82, 2.24) is 15.2 Å². The van der Waals surface area contributed by atoms with Crippen LogP contribution in [0.4, 0.5) is 0 Å². The molecule has 2 aliphatic rings. The van der Waals surface area contributed by atoms with Gasteiger partial charge in [0.2, 0.25) is 11.8 Å². The number of thiazole rings is 1. The highest BCUT2D eigenvalue weighted by Crippen LogP contribution is 2.32. The third kappa shape index (κ3) is 3.58. The first-order valence-corrected chi connectivity index (χ1v) is 9.44. The summed E-state index contributed by atoms with van der Waals surface area (Å²) in [5, 5.41) is 5.99. The third-order valence-electron chi connectivity index (χ3n) is 3.83. The molecule has 1 saturated carbocycles. The van der Waals surface area contributed by atoms with Crippen molar-refractivity contribution in [1.29, 1.82) is 0 Å². The van der Waals surface area contributed by atoms with Crippen LogP contribution in [0.2, 0.25) is 0 Å². The Morgan fingerprint density at radius 1 is 1.57 bits per heavy atom. The van der Waals surface area contributed by atoms with Crippen LogP contribution < -0.4 is 5.32 Å². The van der Waals surface area contributed by atoms with Gasteiger partial charge in [0.15, 0.2) is 0 Å². The summed E-state index contributed by atoms with van der Waals surface area (Å²) in [4.78, 5) is 30.4. The van der Waals surface area contributed by atoms with E-state index in [-0.39, 0.29) is 17.7 Å². The van der Waals surface area contributed by atoms with Crippen LogP contribution in [0.1, 0.15) is 30.0 Å². The standard InChI is InChI=1S/C14H19N3O2S2/c1-20-8-12-16-10(7-21-12)5-15-14(19)9-4-13(18)17(6-9)11-2-3-11/h7,9,11H,2-6,8H2,1H3,(H,15,19)/t9-/m0/s1. The number of hydrogen-bond donors (Lipinski definition) is 1. The van der Waals surface area contributed by atoms with Gasteiger partial charge in [0.1, 0.15) is 5.01 Å². The quantitative estimate of drug-likeness (QED) is 0.863. The van der Waals surface area contributed by atoms with Gasteiger partial charge in [-0.3, -0.25) is 9.59 Å². The Morgan fingerprint density at radius 3 is 3.10 bits per heavy atom. The maximum atomic E-state index is 12.2. The molecule has 0 unspecified atom stereocenters. The lowest BCUT2D eigenvalue weighted by Crippen LogP contribution is -2.33. The van der Waals surface area contributed by atoms with E-state index in [0.29, 0.717) is 25.6 Å². The molecule has 0 radical (unpaired) electrons. The van der Waals surface area contributed by atoms with Crippen molar-refractivity contribution in [3.63, 3.8) is 0 Å². The summed E-state index contributed by atoms with van der Waals surface area (Å²) in [6.07, 6.45) is 4.59. The minimum Gasteiger partial charge on any atom is -0.350 e. The second kappa shape index (κ2) is 6.36. The summed E-state index contributed by atoms with van der Waals surface area (Å²) >= 11 is 3.36. The molecule has 21 heavy (non-hydrogen) atoms. The van der Waals surface area contributed by atoms with Crippen molar-refractivity contribution >= 4 is 34.9 Å². The fourth-order valence-corrected chi connectivity index (χ4v) is 4.10. The number of amides is 2. The first-order valence-electron chi connectivity index (χ1n) is 7.16. The molecule has 5 nitrogen and oxygen atoms in total. The van der Waals surface area contributed by atoms with Crippen LogP contribution in [-0.2, 0) is 21.9 Å². The Bertz CT molecular complexity index is 542. The lowest BCUT2D eigenvalue weighted by Gasteiger charge is -2.15. The normalized spacial score (nSPS) is 21.9. The third-order valence-corrected chi connectivity index (χ3v) is 5.47. The molecular formula is C14H19N3O2S2. The molecule has 1 atom stereocenters.